The zero-order valence-corrected chi connectivity index (χ0v) is 10.1. The summed E-state index contributed by atoms with van der Waals surface area (Å²) in [6.07, 6.45) is 3.37. The summed E-state index contributed by atoms with van der Waals surface area (Å²) in [4.78, 5) is 3.98. The van der Waals surface area contributed by atoms with Gasteiger partial charge in [0.2, 0.25) is 5.88 Å². The number of hydrogen-bond donors (Lipinski definition) is 1. The molecule has 1 N–H and O–H groups in total. The van der Waals surface area contributed by atoms with Gasteiger partial charge in [-0.25, -0.2) is 4.98 Å². The molecule has 1 aromatic rings. The molecule has 2 unspecified atom stereocenters. The Hall–Kier alpha value is -1.43. The van der Waals surface area contributed by atoms with Gasteiger partial charge in [0.15, 0.2) is 0 Å². The van der Waals surface area contributed by atoms with Crippen LogP contribution in [0.15, 0.2) is 18.3 Å². The van der Waals surface area contributed by atoms with E-state index in [1.807, 2.05) is 0 Å². The van der Waals surface area contributed by atoms with Crippen molar-refractivity contribution in [3.8, 4) is 11.6 Å². The summed E-state index contributed by atoms with van der Waals surface area (Å²) in [6.45, 7) is 0.0198. The third kappa shape index (κ3) is 3.80. The van der Waals surface area contributed by atoms with E-state index in [0.29, 0.717) is 11.9 Å². The molecular formula is C12H16F2N2O2. The Labute approximate surface area is 104 Å². The lowest BCUT2D eigenvalue weighted by molar-refractivity contribution is -0.0500. The molecule has 1 aromatic heterocycles. The van der Waals surface area contributed by atoms with Gasteiger partial charge < -0.3 is 14.8 Å². The Kier molecular flexibility index (Phi) is 4.30. The van der Waals surface area contributed by atoms with Crippen LogP contribution in [-0.2, 0) is 0 Å². The molecule has 2 rings (SSSR count). The molecule has 0 radical (unpaired) electrons. The van der Waals surface area contributed by atoms with Crippen molar-refractivity contribution in [2.75, 3.05) is 6.54 Å². The Balaban J connectivity index is 1.92. The lowest BCUT2D eigenvalue weighted by Gasteiger charge is -2.27. The SMILES string of the molecule is CC1CCC(Oc2cc(OC(F)F)ccn2)CN1. The highest BCUT2D eigenvalue weighted by Gasteiger charge is 2.19. The number of alkyl halides is 2. The summed E-state index contributed by atoms with van der Waals surface area (Å²) in [7, 11) is 0. The first kappa shape index (κ1) is 13.0. The van der Waals surface area contributed by atoms with E-state index in [1.165, 1.54) is 18.3 Å². The summed E-state index contributed by atoms with van der Waals surface area (Å²) in [5, 5.41) is 3.30. The molecule has 0 bridgehead atoms. The maximum atomic E-state index is 12.1. The molecular weight excluding hydrogens is 242 g/mol. The minimum absolute atomic E-state index is 0.0236. The third-order valence-corrected chi connectivity index (χ3v) is 2.83. The normalized spacial score (nSPS) is 24.0. The minimum Gasteiger partial charge on any atom is -0.473 e. The molecule has 18 heavy (non-hydrogen) atoms. The van der Waals surface area contributed by atoms with Crippen molar-refractivity contribution in [3.63, 3.8) is 0 Å². The van der Waals surface area contributed by atoms with Gasteiger partial charge in [-0.2, -0.15) is 8.78 Å². The first-order chi connectivity index (χ1) is 8.63. The summed E-state index contributed by atoms with van der Waals surface area (Å²) < 4.78 is 34.0. The van der Waals surface area contributed by atoms with Gasteiger partial charge in [0.25, 0.3) is 0 Å². The lowest BCUT2D eigenvalue weighted by atomic mass is 10.0. The fourth-order valence-electron chi connectivity index (χ4n) is 1.88. The van der Waals surface area contributed by atoms with E-state index in [0.717, 1.165) is 19.4 Å². The van der Waals surface area contributed by atoms with E-state index in [4.69, 9.17) is 4.74 Å². The highest BCUT2D eigenvalue weighted by molar-refractivity contribution is 5.26. The highest BCUT2D eigenvalue weighted by Crippen LogP contribution is 2.21. The number of nitrogens with one attached hydrogen (secondary N) is 1. The van der Waals surface area contributed by atoms with Gasteiger partial charge in [-0.15, -0.1) is 0 Å². The lowest BCUT2D eigenvalue weighted by Crippen LogP contribution is -2.42. The van der Waals surface area contributed by atoms with Gasteiger partial charge in [-0.3, -0.25) is 0 Å². The Morgan fingerprint density at radius 1 is 1.44 bits per heavy atom. The van der Waals surface area contributed by atoms with Crippen molar-refractivity contribution < 1.29 is 18.3 Å². The number of rotatable bonds is 4. The second kappa shape index (κ2) is 5.95. The highest BCUT2D eigenvalue weighted by atomic mass is 19.3. The number of hydrogen-bond acceptors (Lipinski definition) is 4. The summed E-state index contributed by atoms with van der Waals surface area (Å²) in [6, 6.07) is 3.25. The van der Waals surface area contributed by atoms with Crippen molar-refractivity contribution in [3.05, 3.63) is 18.3 Å². The topological polar surface area (TPSA) is 43.4 Å². The zero-order chi connectivity index (χ0) is 13.0. The number of aromatic nitrogens is 1. The summed E-state index contributed by atoms with van der Waals surface area (Å²) in [5.41, 5.74) is 0. The number of piperidine rings is 1. The zero-order valence-electron chi connectivity index (χ0n) is 10.1. The predicted molar refractivity (Wildman–Crippen MR) is 62.0 cm³/mol. The quantitative estimate of drug-likeness (QED) is 0.899. The first-order valence-electron chi connectivity index (χ1n) is 5.94. The van der Waals surface area contributed by atoms with Crippen LogP contribution in [0.25, 0.3) is 0 Å². The molecule has 0 amide bonds. The van der Waals surface area contributed by atoms with Crippen LogP contribution < -0.4 is 14.8 Å². The molecule has 1 saturated heterocycles. The number of ether oxygens (including phenoxy) is 2. The predicted octanol–water partition coefficient (Wildman–Crippen LogP) is 2.20. The van der Waals surface area contributed by atoms with Crippen LogP contribution in [0.1, 0.15) is 19.8 Å². The van der Waals surface area contributed by atoms with Crippen molar-refractivity contribution in [2.45, 2.75) is 38.5 Å². The Morgan fingerprint density at radius 2 is 2.28 bits per heavy atom. The van der Waals surface area contributed by atoms with Crippen LogP contribution >= 0.6 is 0 Å². The van der Waals surface area contributed by atoms with Crippen molar-refractivity contribution in [2.24, 2.45) is 0 Å². The number of nitrogens with zero attached hydrogens (tertiary/aromatic N) is 1. The molecule has 2 heterocycles. The smallest absolute Gasteiger partial charge is 0.387 e. The average molecular weight is 258 g/mol. The molecule has 100 valence electrons. The van der Waals surface area contributed by atoms with Gasteiger partial charge >= 0.3 is 6.61 Å². The minimum atomic E-state index is -2.84. The van der Waals surface area contributed by atoms with E-state index >= 15 is 0 Å². The molecule has 0 aliphatic carbocycles. The van der Waals surface area contributed by atoms with E-state index < -0.39 is 6.61 Å². The van der Waals surface area contributed by atoms with E-state index in [-0.39, 0.29) is 11.9 Å². The summed E-state index contributed by atoms with van der Waals surface area (Å²) >= 11 is 0. The summed E-state index contributed by atoms with van der Waals surface area (Å²) in [5.74, 6) is 0.377. The van der Waals surface area contributed by atoms with Crippen LogP contribution in [-0.4, -0.2) is 30.3 Å². The molecule has 1 aliphatic heterocycles. The largest absolute Gasteiger partial charge is 0.473 e. The molecule has 0 saturated carbocycles. The average Bonchev–Trinajstić information content (AvgIpc) is 2.32. The molecule has 1 fully saturated rings. The molecule has 0 spiro atoms. The number of pyridine rings is 1. The second-order valence-corrected chi connectivity index (χ2v) is 4.33. The maximum absolute atomic E-state index is 12.1. The van der Waals surface area contributed by atoms with Crippen molar-refractivity contribution in [1.29, 1.82) is 0 Å². The van der Waals surface area contributed by atoms with E-state index in [9.17, 15) is 8.78 Å². The van der Waals surface area contributed by atoms with Crippen LogP contribution in [0.2, 0.25) is 0 Å². The third-order valence-electron chi connectivity index (χ3n) is 2.83. The van der Waals surface area contributed by atoms with Crippen LogP contribution in [0.3, 0.4) is 0 Å². The van der Waals surface area contributed by atoms with E-state index in [2.05, 4.69) is 22.0 Å². The first-order valence-corrected chi connectivity index (χ1v) is 5.94. The maximum Gasteiger partial charge on any atom is 0.387 e. The molecule has 2 atom stereocenters. The van der Waals surface area contributed by atoms with Gasteiger partial charge in [-0.05, 0) is 25.8 Å². The molecule has 1 aliphatic rings. The van der Waals surface area contributed by atoms with E-state index in [1.54, 1.807) is 0 Å². The van der Waals surface area contributed by atoms with Crippen molar-refractivity contribution >= 4 is 0 Å². The fourth-order valence-corrected chi connectivity index (χ4v) is 1.88. The molecule has 6 heteroatoms. The monoisotopic (exact) mass is 258 g/mol. The van der Waals surface area contributed by atoms with Gasteiger partial charge in [0.05, 0.1) is 0 Å². The Bertz CT molecular complexity index is 382. The standard InChI is InChI=1S/C12H16F2N2O2/c1-8-2-3-10(7-16-8)17-11-6-9(4-5-15-11)18-12(13)14/h4-6,8,10,12,16H,2-3,7H2,1H3. The molecule has 4 nitrogen and oxygen atoms in total. The molecule has 0 aromatic carbocycles. The van der Waals surface area contributed by atoms with Gasteiger partial charge in [-0.1, -0.05) is 0 Å². The Morgan fingerprint density at radius 3 is 2.94 bits per heavy atom. The second-order valence-electron chi connectivity index (χ2n) is 4.33. The van der Waals surface area contributed by atoms with Crippen molar-refractivity contribution in [1.82, 2.24) is 10.3 Å². The fraction of sp³-hybridized carbons (Fsp3) is 0.583. The van der Waals surface area contributed by atoms with Gasteiger partial charge in [0.1, 0.15) is 11.9 Å². The van der Waals surface area contributed by atoms with Crippen LogP contribution in [0.4, 0.5) is 8.78 Å². The van der Waals surface area contributed by atoms with Crippen LogP contribution in [0.5, 0.6) is 11.6 Å². The van der Waals surface area contributed by atoms with Gasteiger partial charge in [0, 0.05) is 24.8 Å². The number of halogens is 2. The van der Waals surface area contributed by atoms with Crippen LogP contribution in [0, 0.1) is 0 Å².